The van der Waals surface area contributed by atoms with Crippen molar-refractivity contribution in [3.8, 4) is 0 Å². The first-order valence-electron chi connectivity index (χ1n) is 27.4. The zero-order valence-electron chi connectivity index (χ0n) is 46.8. The molecule has 40 heteroatoms. The molecule has 89 heavy (non-hydrogen) atoms. The molecule has 0 amide bonds. The van der Waals surface area contributed by atoms with Crippen LogP contribution in [0.4, 0.5) is 0 Å². The lowest BCUT2D eigenvalue weighted by Gasteiger charge is -2.72. The molecule has 0 aromatic rings. The third kappa shape index (κ3) is 16.5. The van der Waals surface area contributed by atoms with Gasteiger partial charge in [0.2, 0.25) is 18.9 Å². The minimum atomic E-state index is -2.74. The molecule has 1 saturated carbocycles. The molecule has 0 bridgehead atoms. The van der Waals surface area contributed by atoms with Crippen molar-refractivity contribution in [3.63, 3.8) is 0 Å². The van der Waals surface area contributed by atoms with Crippen molar-refractivity contribution in [1.82, 2.24) is 0 Å². The van der Waals surface area contributed by atoms with Crippen LogP contribution in [-0.2, 0) is 52.1 Å². The van der Waals surface area contributed by atoms with E-state index >= 15 is 0 Å². The normalized spacial score (nSPS) is 36.1. The first-order valence-corrected chi connectivity index (χ1v) is 27.4. The van der Waals surface area contributed by atoms with E-state index in [4.69, 9.17) is 57.2 Å². The summed E-state index contributed by atoms with van der Waals surface area (Å²) in [6.45, 7) is -7.47. The molecule has 29 N–H and O–H groups in total. The summed E-state index contributed by atoms with van der Waals surface area (Å²) in [6.07, 6.45) is -56.8. The topological polar surface area (TPSA) is 692 Å². The fourth-order valence-corrected chi connectivity index (χ4v) is 9.86. The van der Waals surface area contributed by atoms with Gasteiger partial charge >= 0.3 is 0 Å². The van der Waals surface area contributed by atoms with E-state index in [1.165, 1.54) is 0 Å². The maximum absolute atomic E-state index is 11.4. The average molecular weight is 1310 g/mol. The van der Waals surface area contributed by atoms with Crippen LogP contribution < -0.4 is 0 Å². The highest BCUT2D eigenvalue weighted by molar-refractivity contribution is 5.32. The van der Waals surface area contributed by atoms with Gasteiger partial charge in [-0.15, -0.1) is 0 Å². The summed E-state index contributed by atoms with van der Waals surface area (Å²) in [5.74, 6) is -10.2. The summed E-state index contributed by atoms with van der Waals surface area (Å²) >= 11 is 0. The molecule has 5 rings (SSSR count). The number of epoxide rings is 1. The Morgan fingerprint density at radius 2 is 0.966 bits per heavy atom. The minimum absolute atomic E-state index is 0.0451. The van der Waals surface area contributed by atoms with Crippen molar-refractivity contribution in [2.45, 2.75) is 197 Å². The van der Waals surface area contributed by atoms with Crippen LogP contribution in [0.2, 0.25) is 0 Å². The third-order valence-electron chi connectivity index (χ3n) is 15.1. The second-order valence-corrected chi connectivity index (χ2v) is 20.9. The molecule has 4 saturated heterocycles. The van der Waals surface area contributed by atoms with E-state index in [0.29, 0.717) is 0 Å². The SMILES string of the molecule is OCCC(OC(O)C(O)C(O)C(CCO)OC1OC(CO)C(OC2OC(CO)C(OC(O)/C(O)=C(\O)C(CCO)OC(O)/C(O)=C(\O)C(O)CCO)C(O)C2O)C(O)C1O)/C(O)=C(/O)C(O)O[C@H]1C(O)C2(O)C(OC(CCO)/C(O)=C(\O)C3CO3)OC12CO. The van der Waals surface area contributed by atoms with Crippen LogP contribution in [0.15, 0.2) is 46.1 Å². The van der Waals surface area contributed by atoms with E-state index in [1.54, 1.807) is 0 Å². The van der Waals surface area contributed by atoms with Gasteiger partial charge < -0.3 is 200 Å². The number of fused-ring (bicyclic) bond motifs is 1. The maximum atomic E-state index is 11.4. The summed E-state index contributed by atoms with van der Waals surface area (Å²) in [4.78, 5) is 0. The van der Waals surface area contributed by atoms with Crippen LogP contribution in [-0.4, -0.2) is 373 Å². The summed E-state index contributed by atoms with van der Waals surface area (Å²) in [5.41, 5.74) is -4.93. The van der Waals surface area contributed by atoms with Crippen molar-refractivity contribution in [2.75, 3.05) is 59.5 Å². The molecule has 26 unspecified atom stereocenters. The van der Waals surface area contributed by atoms with Gasteiger partial charge in [0.15, 0.2) is 82.4 Å². The number of aliphatic hydroxyl groups is 29. The van der Waals surface area contributed by atoms with Crippen LogP contribution in [0.3, 0.4) is 0 Å². The van der Waals surface area contributed by atoms with Crippen LogP contribution in [0.1, 0.15) is 32.1 Å². The number of hydrogen-bond donors (Lipinski definition) is 29. The highest BCUT2D eigenvalue weighted by Gasteiger charge is 2.86. The number of ether oxygens (including phenoxy) is 11. The largest absolute Gasteiger partial charge is 0.506 e. The molecule has 27 atom stereocenters. The fraction of sp³-hybridized carbons (Fsp3) is 0.837. The zero-order valence-corrected chi connectivity index (χ0v) is 46.8. The molecule has 4 heterocycles. The Hall–Kier alpha value is -3.92. The molecule has 1 aliphatic carbocycles. The first kappa shape index (κ1) is 75.8. The van der Waals surface area contributed by atoms with Crippen LogP contribution >= 0.6 is 0 Å². The lowest BCUT2D eigenvalue weighted by atomic mass is 9.55. The van der Waals surface area contributed by atoms with Gasteiger partial charge in [0.05, 0.1) is 32.5 Å². The molecule has 0 aromatic heterocycles. The number of hydrogen-bond acceptors (Lipinski definition) is 40. The lowest BCUT2D eigenvalue weighted by molar-refractivity contribution is -0.533. The van der Waals surface area contributed by atoms with Crippen molar-refractivity contribution in [2.24, 2.45) is 0 Å². The molecule has 4 aliphatic heterocycles. The predicted octanol–water partition coefficient (Wildman–Crippen LogP) is -11.3. The van der Waals surface area contributed by atoms with Crippen molar-refractivity contribution >= 4 is 0 Å². The number of aliphatic hydroxyl groups excluding tert-OH is 28. The summed E-state index contributed by atoms with van der Waals surface area (Å²) < 4.78 is 58.5. The quantitative estimate of drug-likeness (QED) is 0.0155. The van der Waals surface area contributed by atoms with E-state index in [-0.39, 0.29) is 13.0 Å². The average Bonchev–Trinajstić information content (AvgIpc) is 0.850. The van der Waals surface area contributed by atoms with E-state index in [0.717, 1.165) is 0 Å². The standard InChI is InChI=1S/C49H82O40/c50-6-1-15(58)23(59)31(67)41(74)80-16(2-7-51)25(61)33(69)43(76)86-37-20(11-55)84-46(36(72)29(37)65)87-38-21(12-56)83-45(35(71)30(38)66)82-18(4-9-53)27(63)32(68)42(75)81-17(3-8-52)26(62)34(70)44(77)88-40-39(73)49(78)47(89-48(40,49)14-57)85-19(5-10-54)24(60)28(64)22-13-79-22/h15-22,27,29-30,32,35-47,50-78H,1-14H2/b28-24+,31-23+,33-25+,34-26-/t15?,16?,17?,18?,19?,20?,21?,22?,27?,29?,30?,32?,35?,36?,37?,38?,39?,40-,41?,42?,43?,44?,45?,46?,47?,48?,49?/m0/s1. The Balaban J connectivity index is 1.20. The Labute approximate surface area is 502 Å². The third-order valence-corrected chi connectivity index (χ3v) is 15.1. The van der Waals surface area contributed by atoms with E-state index in [2.05, 4.69) is 0 Å². The van der Waals surface area contributed by atoms with Crippen molar-refractivity contribution < 1.29 is 200 Å². The van der Waals surface area contributed by atoms with E-state index in [1.807, 2.05) is 0 Å². The second-order valence-electron chi connectivity index (χ2n) is 20.9. The van der Waals surface area contributed by atoms with Crippen molar-refractivity contribution in [3.05, 3.63) is 46.1 Å². The molecule has 0 aromatic carbocycles. The molecule has 0 radical (unpaired) electrons. The Morgan fingerprint density at radius 3 is 1.49 bits per heavy atom. The van der Waals surface area contributed by atoms with Gasteiger partial charge in [0, 0.05) is 58.7 Å². The highest BCUT2D eigenvalue weighted by atomic mass is 16.8. The predicted molar refractivity (Wildman–Crippen MR) is 275 cm³/mol. The first-order chi connectivity index (χ1) is 42.0. The molecule has 5 fully saturated rings. The molecule has 518 valence electrons. The van der Waals surface area contributed by atoms with Gasteiger partial charge in [-0.1, -0.05) is 0 Å². The van der Waals surface area contributed by atoms with Gasteiger partial charge in [-0.25, -0.2) is 0 Å². The van der Waals surface area contributed by atoms with Gasteiger partial charge in [0.25, 0.3) is 0 Å². The smallest absolute Gasteiger partial charge is 0.218 e. The van der Waals surface area contributed by atoms with E-state index < -0.39 is 290 Å². The Kier molecular flexibility index (Phi) is 28.3. The molecule has 5 aliphatic rings. The summed E-state index contributed by atoms with van der Waals surface area (Å²) in [6, 6.07) is 0. The Bertz CT molecular complexity index is 2320. The maximum Gasteiger partial charge on any atom is 0.218 e. The summed E-state index contributed by atoms with van der Waals surface area (Å²) in [7, 11) is 0. The highest BCUT2D eigenvalue weighted by Crippen LogP contribution is 2.59. The zero-order chi connectivity index (χ0) is 66.7. The van der Waals surface area contributed by atoms with Gasteiger partial charge in [-0.05, 0) is 6.42 Å². The lowest BCUT2D eigenvalue weighted by Crippen LogP contribution is -2.96. The minimum Gasteiger partial charge on any atom is -0.506 e. The van der Waals surface area contributed by atoms with Crippen LogP contribution in [0, 0.1) is 0 Å². The fourth-order valence-electron chi connectivity index (χ4n) is 9.86. The molecule has 0 spiro atoms. The molecule has 40 nitrogen and oxygen atoms in total. The van der Waals surface area contributed by atoms with E-state index in [9.17, 15) is 143 Å². The monoisotopic (exact) mass is 1310 g/mol. The van der Waals surface area contributed by atoms with Crippen LogP contribution in [0.5, 0.6) is 0 Å². The molecular weight excluding hydrogens is 1230 g/mol. The van der Waals surface area contributed by atoms with Gasteiger partial charge in [-0.2, -0.15) is 0 Å². The van der Waals surface area contributed by atoms with Gasteiger partial charge in [-0.3, -0.25) is 0 Å². The van der Waals surface area contributed by atoms with Crippen molar-refractivity contribution in [1.29, 1.82) is 0 Å². The number of rotatable bonds is 38. The molecular formula is C49H82O40. The van der Waals surface area contributed by atoms with Crippen LogP contribution in [0.25, 0.3) is 0 Å². The second kappa shape index (κ2) is 33.3. The van der Waals surface area contributed by atoms with Gasteiger partial charge in [0.1, 0.15) is 104 Å². The Morgan fingerprint density at radius 1 is 0.483 bits per heavy atom. The summed E-state index contributed by atoms with van der Waals surface area (Å²) in [5, 5.41) is 304.